The zero-order valence-electron chi connectivity index (χ0n) is 46.7. The third-order valence-corrected chi connectivity index (χ3v) is 19.3. The van der Waals surface area contributed by atoms with E-state index >= 15 is 13.2 Å². The Morgan fingerprint density at radius 1 is 0.762 bits per heavy atom. The van der Waals surface area contributed by atoms with Crippen LogP contribution in [0.15, 0.2) is 183 Å². The molecule has 406 valence electrons. The number of aryl methyl sites for hydroxylation is 1. The molecule has 10 heteroatoms. The van der Waals surface area contributed by atoms with E-state index in [0.717, 1.165) is 74.0 Å². The predicted molar refractivity (Wildman–Crippen MR) is 313 cm³/mol. The number of halogens is 3. The van der Waals surface area contributed by atoms with Gasteiger partial charge >= 0.3 is 6.18 Å². The molecule has 4 fully saturated rings. The van der Waals surface area contributed by atoms with E-state index in [1.807, 2.05) is 67.8 Å². The highest BCUT2D eigenvalue weighted by Gasteiger charge is 2.65. The average Bonchev–Trinajstić information content (AvgIpc) is 3.94. The largest absolute Gasteiger partial charge is 0.496 e. The van der Waals surface area contributed by atoms with Crippen molar-refractivity contribution in [3.63, 3.8) is 0 Å². The molecule has 4 saturated carbocycles. The van der Waals surface area contributed by atoms with Gasteiger partial charge in [-0.1, -0.05) is 136 Å². The number of methoxy groups -OCH3 is 1. The Kier molecular flexibility index (Phi) is 14.2. The standard InChI is InChI=1S/C70H67F3N4O2S/c1-44-29-62-58(45(2)35-67(5,6)77(62)56-27-28-63(78-7)61(34-56)68-36-46-30-47(37-68)32-48(31-46)38-68)33-51(44)21-22-53-40-66(3,4)39-52(65(53)80-57-18-12-9-13-19-57)17-14-20-60-59(43-76)64(54(41-74)42-75)79-69(60,70(71,72)73)55-25-23-50(24-26-55)49-15-10-8-11-16-49/h8-29,33-34,45-48H,30-32,35-40H2,1-7H3/b20-14+,22-21+,52-17+. The van der Waals surface area contributed by atoms with Crippen molar-refractivity contribution < 1.29 is 22.6 Å². The molecular weight excluding hydrogens is 1020 g/mol. The molecule has 5 aromatic carbocycles. The second kappa shape index (κ2) is 20.9. The zero-order valence-corrected chi connectivity index (χ0v) is 47.5. The molecule has 12 rings (SSSR count). The molecule has 0 N–H and O–H groups in total. The molecule has 5 aliphatic carbocycles. The van der Waals surface area contributed by atoms with Crippen molar-refractivity contribution >= 4 is 29.2 Å². The van der Waals surface area contributed by atoms with Gasteiger partial charge in [0, 0.05) is 43.4 Å². The number of alkyl halides is 3. The molecule has 4 bridgehead atoms. The van der Waals surface area contributed by atoms with E-state index in [4.69, 9.17) is 9.47 Å². The van der Waals surface area contributed by atoms with E-state index in [9.17, 15) is 15.8 Å². The molecule has 2 aliphatic heterocycles. The molecule has 7 aliphatic rings. The number of hydrogen-bond donors (Lipinski definition) is 0. The van der Waals surface area contributed by atoms with Gasteiger partial charge in [0.15, 0.2) is 11.3 Å². The van der Waals surface area contributed by atoms with Gasteiger partial charge in [0.2, 0.25) is 0 Å². The molecule has 0 aromatic heterocycles. The topological polar surface area (TPSA) is 93.1 Å². The highest BCUT2D eigenvalue weighted by Crippen LogP contribution is 2.63. The zero-order chi connectivity index (χ0) is 56.4. The molecule has 0 radical (unpaired) electrons. The van der Waals surface area contributed by atoms with Crippen LogP contribution in [0.2, 0.25) is 0 Å². The molecule has 2 atom stereocenters. The highest BCUT2D eigenvalue weighted by atomic mass is 32.2. The molecule has 0 spiro atoms. The molecule has 80 heavy (non-hydrogen) atoms. The van der Waals surface area contributed by atoms with E-state index in [0.29, 0.717) is 17.9 Å². The second-order valence-electron chi connectivity index (χ2n) is 24.8. The van der Waals surface area contributed by atoms with E-state index in [1.54, 1.807) is 42.1 Å². The summed E-state index contributed by atoms with van der Waals surface area (Å²) in [6.07, 6.45) is 14.3. The van der Waals surface area contributed by atoms with E-state index in [-0.39, 0.29) is 21.9 Å². The number of anilines is 2. The summed E-state index contributed by atoms with van der Waals surface area (Å²) in [7, 11) is 1.83. The normalized spacial score (nSPS) is 26.1. The quantitative estimate of drug-likeness (QED) is 0.122. The Morgan fingerprint density at radius 2 is 1.40 bits per heavy atom. The van der Waals surface area contributed by atoms with Gasteiger partial charge in [-0.25, -0.2) is 0 Å². The maximum absolute atomic E-state index is 16.1. The molecular formula is C70H67F3N4O2S. The van der Waals surface area contributed by atoms with Crippen molar-refractivity contribution in [3.05, 3.63) is 206 Å². The van der Waals surface area contributed by atoms with Gasteiger partial charge in [-0.05, 0) is 194 Å². The number of benzene rings is 5. The maximum Gasteiger partial charge on any atom is 0.437 e. The molecule has 2 heterocycles. The minimum atomic E-state index is -5.14. The van der Waals surface area contributed by atoms with Gasteiger partial charge in [-0.15, -0.1) is 0 Å². The van der Waals surface area contributed by atoms with Crippen LogP contribution < -0.4 is 9.64 Å². The summed E-state index contributed by atoms with van der Waals surface area (Å²) in [5.74, 6) is 3.06. The van der Waals surface area contributed by atoms with Crippen LogP contribution in [0.5, 0.6) is 5.75 Å². The fourth-order valence-corrected chi connectivity index (χ4v) is 16.2. The summed E-state index contributed by atoms with van der Waals surface area (Å²) in [5, 5.41) is 30.5. The summed E-state index contributed by atoms with van der Waals surface area (Å²) in [6.45, 7) is 13.7. The van der Waals surface area contributed by atoms with E-state index in [2.05, 4.69) is 101 Å². The van der Waals surface area contributed by atoms with Crippen LogP contribution >= 0.6 is 11.8 Å². The van der Waals surface area contributed by atoms with Gasteiger partial charge in [-0.3, -0.25) is 0 Å². The van der Waals surface area contributed by atoms with E-state index < -0.39 is 34.3 Å². The number of hydrogen-bond acceptors (Lipinski definition) is 7. The number of fused-ring (bicyclic) bond motifs is 1. The maximum atomic E-state index is 16.1. The predicted octanol–water partition coefficient (Wildman–Crippen LogP) is 18.5. The summed E-state index contributed by atoms with van der Waals surface area (Å²) in [6, 6.07) is 42.1. The molecule has 0 saturated heterocycles. The average molecular weight is 1090 g/mol. The molecule has 2 unspecified atom stereocenters. The number of rotatable bonds is 11. The number of nitrogens with zero attached hydrogens (tertiary/aromatic N) is 4. The minimum Gasteiger partial charge on any atom is -0.496 e. The first-order valence-corrected chi connectivity index (χ1v) is 28.9. The van der Waals surface area contributed by atoms with Crippen LogP contribution in [0.1, 0.15) is 126 Å². The first kappa shape index (κ1) is 54.5. The minimum absolute atomic E-state index is 0.155. The van der Waals surface area contributed by atoms with Crippen molar-refractivity contribution in [1.82, 2.24) is 0 Å². The van der Waals surface area contributed by atoms with Crippen LogP contribution in [-0.4, -0.2) is 18.8 Å². The monoisotopic (exact) mass is 1080 g/mol. The SMILES string of the molecule is COc1ccc(N2c3cc(C)c(/C=C/C4=C(Sc5ccccc5)C(=C/C=C/C5=C(C#N)C(=C(C#N)C#N)OC5(c5ccc(-c6ccccc6)cc5)C(F)(F)F)/CC(C)(C)C4)cc3C(C)CC2(C)C)cc1C12CC3CC(CC(C3)C1)C2. The molecule has 5 aromatic rings. The number of allylic oxidation sites excluding steroid dienone is 7. The number of nitriles is 3. The van der Waals surface area contributed by atoms with E-state index in [1.165, 1.54) is 79.2 Å². The highest BCUT2D eigenvalue weighted by molar-refractivity contribution is 8.03. The molecule has 6 nitrogen and oxygen atoms in total. The first-order chi connectivity index (χ1) is 38.3. The fourth-order valence-electron chi connectivity index (χ4n) is 15.2. The lowest BCUT2D eigenvalue weighted by atomic mass is 9.48. The van der Waals surface area contributed by atoms with Gasteiger partial charge in [0.05, 0.1) is 7.11 Å². The Balaban J connectivity index is 0.987. The lowest BCUT2D eigenvalue weighted by Crippen LogP contribution is -2.49. The Hall–Kier alpha value is -7.45. The number of thioether (sulfide) groups is 1. The Labute approximate surface area is 474 Å². The summed E-state index contributed by atoms with van der Waals surface area (Å²) >= 11 is 1.62. The summed E-state index contributed by atoms with van der Waals surface area (Å²) in [4.78, 5) is 4.60. The van der Waals surface area contributed by atoms with Crippen LogP contribution in [0, 0.1) is 64.1 Å². The Morgan fingerprint density at radius 3 is 2.01 bits per heavy atom. The van der Waals surface area contributed by atoms with Crippen molar-refractivity contribution in [3.8, 4) is 35.1 Å². The van der Waals surface area contributed by atoms with Crippen LogP contribution in [0.3, 0.4) is 0 Å². The lowest BCUT2D eigenvalue weighted by molar-refractivity contribution is -0.249. The van der Waals surface area contributed by atoms with Crippen molar-refractivity contribution in [2.75, 3.05) is 12.0 Å². The third-order valence-electron chi connectivity index (χ3n) is 18.0. The smallest absolute Gasteiger partial charge is 0.437 e. The second-order valence-corrected chi connectivity index (χ2v) is 25.9. The first-order valence-electron chi connectivity index (χ1n) is 28.1. The van der Waals surface area contributed by atoms with Gasteiger partial charge < -0.3 is 14.4 Å². The summed E-state index contributed by atoms with van der Waals surface area (Å²) < 4.78 is 60.3. The number of ether oxygens (including phenoxy) is 2. The van der Waals surface area contributed by atoms with Crippen LogP contribution in [0.25, 0.3) is 17.2 Å². The summed E-state index contributed by atoms with van der Waals surface area (Å²) in [5.41, 5.74) is 5.43. The van der Waals surface area contributed by atoms with Gasteiger partial charge in [-0.2, -0.15) is 29.0 Å². The van der Waals surface area contributed by atoms with Crippen molar-refractivity contribution in [2.24, 2.45) is 23.2 Å². The lowest BCUT2D eigenvalue weighted by Gasteiger charge is -2.57. The van der Waals surface area contributed by atoms with Gasteiger partial charge in [0.1, 0.15) is 29.5 Å². The van der Waals surface area contributed by atoms with Crippen LogP contribution in [0.4, 0.5) is 24.5 Å². The Bertz CT molecular complexity index is 3550. The third kappa shape index (κ3) is 9.81. The van der Waals surface area contributed by atoms with Crippen molar-refractivity contribution in [2.45, 2.75) is 133 Å². The van der Waals surface area contributed by atoms with Gasteiger partial charge in [0.25, 0.3) is 5.60 Å². The van der Waals surface area contributed by atoms with Crippen LogP contribution in [-0.2, 0) is 15.8 Å². The molecule has 0 amide bonds. The fraction of sp³-hybridized carbons (Fsp3) is 0.357. The van der Waals surface area contributed by atoms with Crippen molar-refractivity contribution in [1.29, 1.82) is 15.8 Å².